The molecular weight excluding hydrogens is 350 g/mol. The lowest BCUT2D eigenvalue weighted by atomic mass is 9.83. The fourth-order valence-corrected chi connectivity index (χ4v) is 3.24. The van der Waals surface area contributed by atoms with Crippen molar-refractivity contribution in [2.75, 3.05) is 6.61 Å². The number of carbonyl (C=O) groups is 3. The van der Waals surface area contributed by atoms with Crippen LogP contribution in [0, 0.1) is 5.92 Å². The molecule has 0 bridgehead atoms. The molecule has 8 heteroatoms. The second-order valence-electron chi connectivity index (χ2n) is 6.73. The molecule has 0 unspecified atom stereocenters. The van der Waals surface area contributed by atoms with E-state index in [2.05, 4.69) is 10.6 Å². The third-order valence-electron chi connectivity index (χ3n) is 4.73. The first-order valence-electron chi connectivity index (χ1n) is 9.19. The second-order valence-corrected chi connectivity index (χ2v) is 6.73. The summed E-state index contributed by atoms with van der Waals surface area (Å²) >= 11 is 0. The first kappa shape index (κ1) is 20.7. The van der Waals surface area contributed by atoms with Crippen molar-refractivity contribution in [1.82, 2.24) is 10.6 Å². The summed E-state index contributed by atoms with van der Waals surface area (Å²) in [5.41, 5.74) is 6.24. The number of alkyl carbamates (subject to hydrolysis) is 1. The minimum Gasteiger partial charge on any atom is -0.445 e. The zero-order chi connectivity index (χ0) is 19.6. The number of hydrogen-bond acceptors (Lipinski definition) is 5. The van der Waals surface area contributed by atoms with Gasteiger partial charge in [-0.15, -0.1) is 0 Å². The third kappa shape index (κ3) is 6.56. The van der Waals surface area contributed by atoms with E-state index < -0.39 is 36.6 Å². The van der Waals surface area contributed by atoms with Crippen LogP contribution in [0.5, 0.6) is 0 Å². The van der Waals surface area contributed by atoms with Gasteiger partial charge in [0.2, 0.25) is 11.8 Å². The van der Waals surface area contributed by atoms with E-state index in [-0.39, 0.29) is 12.5 Å². The number of nitrogens with one attached hydrogen (secondary N) is 2. The Bertz CT molecular complexity index is 631. The van der Waals surface area contributed by atoms with E-state index in [4.69, 9.17) is 10.5 Å². The van der Waals surface area contributed by atoms with Gasteiger partial charge in [0.15, 0.2) is 0 Å². The SMILES string of the molecule is NC(=O)[C@H](NC(=O)[C@H](CO)NC(=O)OCc1ccccc1)C1CCCCC1. The van der Waals surface area contributed by atoms with E-state index in [1.54, 1.807) is 12.1 Å². The van der Waals surface area contributed by atoms with Gasteiger partial charge in [0.05, 0.1) is 6.61 Å². The molecule has 27 heavy (non-hydrogen) atoms. The molecule has 148 valence electrons. The van der Waals surface area contributed by atoms with Gasteiger partial charge in [-0.2, -0.15) is 0 Å². The molecule has 1 aromatic rings. The zero-order valence-corrected chi connectivity index (χ0v) is 15.2. The molecule has 0 saturated heterocycles. The summed E-state index contributed by atoms with van der Waals surface area (Å²) < 4.78 is 5.05. The Balaban J connectivity index is 1.87. The molecule has 0 heterocycles. The molecule has 3 amide bonds. The van der Waals surface area contributed by atoms with E-state index in [1.807, 2.05) is 18.2 Å². The fraction of sp³-hybridized carbons (Fsp3) is 0.526. The van der Waals surface area contributed by atoms with Crippen LogP contribution >= 0.6 is 0 Å². The Kier molecular flexibility index (Phi) is 8.06. The predicted octanol–water partition coefficient (Wildman–Crippen LogP) is 0.824. The molecule has 2 rings (SSSR count). The summed E-state index contributed by atoms with van der Waals surface area (Å²) in [7, 11) is 0. The van der Waals surface area contributed by atoms with Crippen LogP contribution in [0.4, 0.5) is 4.79 Å². The van der Waals surface area contributed by atoms with Gasteiger partial charge in [-0.3, -0.25) is 9.59 Å². The number of aliphatic hydroxyl groups is 1. The molecule has 0 spiro atoms. The van der Waals surface area contributed by atoms with Gasteiger partial charge >= 0.3 is 6.09 Å². The van der Waals surface area contributed by atoms with Crippen LogP contribution < -0.4 is 16.4 Å². The van der Waals surface area contributed by atoms with Gasteiger partial charge in [-0.1, -0.05) is 49.6 Å². The minimum absolute atomic E-state index is 0.0235. The van der Waals surface area contributed by atoms with E-state index in [0.29, 0.717) is 0 Å². The Hall–Kier alpha value is -2.61. The smallest absolute Gasteiger partial charge is 0.408 e. The molecule has 8 nitrogen and oxygen atoms in total. The lowest BCUT2D eigenvalue weighted by molar-refractivity contribution is -0.130. The number of ether oxygens (including phenoxy) is 1. The van der Waals surface area contributed by atoms with Crippen LogP contribution in [0.3, 0.4) is 0 Å². The Morgan fingerprint density at radius 2 is 1.78 bits per heavy atom. The van der Waals surface area contributed by atoms with Crippen molar-refractivity contribution in [3.05, 3.63) is 35.9 Å². The quantitative estimate of drug-likeness (QED) is 0.533. The molecule has 1 saturated carbocycles. The summed E-state index contributed by atoms with van der Waals surface area (Å²) in [6.07, 6.45) is 3.86. The molecule has 0 radical (unpaired) electrons. The molecule has 1 aliphatic rings. The largest absolute Gasteiger partial charge is 0.445 e. The van der Waals surface area contributed by atoms with Gasteiger partial charge in [-0.05, 0) is 24.3 Å². The predicted molar refractivity (Wildman–Crippen MR) is 98.3 cm³/mol. The Morgan fingerprint density at radius 1 is 1.11 bits per heavy atom. The van der Waals surface area contributed by atoms with Crippen LogP contribution in [0.25, 0.3) is 0 Å². The summed E-state index contributed by atoms with van der Waals surface area (Å²) in [6, 6.07) is 7.03. The monoisotopic (exact) mass is 377 g/mol. The zero-order valence-electron chi connectivity index (χ0n) is 15.2. The molecule has 2 atom stereocenters. The summed E-state index contributed by atoms with van der Waals surface area (Å²) in [6.45, 7) is -0.582. The molecule has 1 aliphatic carbocycles. The van der Waals surface area contributed by atoms with Crippen molar-refractivity contribution in [1.29, 1.82) is 0 Å². The average Bonchev–Trinajstić information content (AvgIpc) is 2.69. The van der Waals surface area contributed by atoms with Crippen molar-refractivity contribution >= 4 is 17.9 Å². The maximum atomic E-state index is 12.4. The maximum Gasteiger partial charge on any atom is 0.408 e. The molecule has 0 aromatic heterocycles. The summed E-state index contributed by atoms with van der Waals surface area (Å²) in [5, 5.41) is 14.3. The fourth-order valence-electron chi connectivity index (χ4n) is 3.24. The van der Waals surface area contributed by atoms with Crippen LogP contribution in [0.15, 0.2) is 30.3 Å². The number of carbonyl (C=O) groups excluding carboxylic acids is 3. The lowest BCUT2D eigenvalue weighted by Crippen LogP contribution is -2.56. The minimum atomic E-state index is -1.22. The maximum absolute atomic E-state index is 12.4. The van der Waals surface area contributed by atoms with Crippen molar-refractivity contribution < 1.29 is 24.2 Å². The molecule has 0 aliphatic heterocycles. The lowest BCUT2D eigenvalue weighted by Gasteiger charge is -2.29. The highest BCUT2D eigenvalue weighted by atomic mass is 16.5. The van der Waals surface area contributed by atoms with Gasteiger partial charge in [0, 0.05) is 0 Å². The van der Waals surface area contributed by atoms with Crippen molar-refractivity contribution in [3.8, 4) is 0 Å². The highest BCUT2D eigenvalue weighted by Gasteiger charge is 2.32. The van der Waals surface area contributed by atoms with Crippen LogP contribution in [0.2, 0.25) is 0 Å². The standard InChI is InChI=1S/C19H27N3O5/c20-17(24)16(14-9-5-2-6-10-14)22-18(25)15(11-23)21-19(26)27-12-13-7-3-1-4-8-13/h1,3-4,7-8,14-16,23H,2,5-6,9-12H2,(H2,20,24)(H,21,26)(H,22,25)/t15-,16+/m0/s1. The van der Waals surface area contributed by atoms with E-state index in [0.717, 1.165) is 37.7 Å². The molecule has 5 N–H and O–H groups in total. The normalized spacial score (nSPS) is 16.8. The third-order valence-corrected chi connectivity index (χ3v) is 4.73. The van der Waals surface area contributed by atoms with Crippen molar-refractivity contribution in [3.63, 3.8) is 0 Å². The molecular formula is C19H27N3O5. The first-order valence-corrected chi connectivity index (χ1v) is 9.19. The van der Waals surface area contributed by atoms with Crippen LogP contribution in [0.1, 0.15) is 37.7 Å². The second kappa shape index (κ2) is 10.5. The van der Waals surface area contributed by atoms with Crippen molar-refractivity contribution in [2.24, 2.45) is 11.7 Å². The average molecular weight is 377 g/mol. The Morgan fingerprint density at radius 3 is 2.37 bits per heavy atom. The van der Waals surface area contributed by atoms with Crippen LogP contribution in [-0.4, -0.2) is 41.7 Å². The van der Waals surface area contributed by atoms with E-state index in [9.17, 15) is 19.5 Å². The molecule has 1 aromatic carbocycles. The number of nitrogens with two attached hydrogens (primary N) is 1. The highest BCUT2D eigenvalue weighted by Crippen LogP contribution is 2.26. The Labute approximate surface area is 158 Å². The van der Waals surface area contributed by atoms with E-state index >= 15 is 0 Å². The van der Waals surface area contributed by atoms with Crippen molar-refractivity contribution in [2.45, 2.75) is 50.8 Å². The van der Waals surface area contributed by atoms with Gasteiger partial charge in [-0.25, -0.2) is 4.79 Å². The number of aliphatic hydroxyl groups excluding tert-OH is 1. The van der Waals surface area contributed by atoms with Crippen LogP contribution in [-0.2, 0) is 20.9 Å². The summed E-state index contributed by atoms with van der Waals surface area (Å²) in [5.74, 6) is -1.30. The van der Waals surface area contributed by atoms with Gasteiger partial charge in [0.25, 0.3) is 0 Å². The summed E-state index contributed by atoms with van der Waals surface area (Å²) in [4.78, 5) is 36.0. The first-order chi connectivity index (χ1) is 13.0. The topological polar surface area (TPSA) is 131 Å². The highest BCUT2D eigenvalue weighted by molar-refractivity contribution is 5.91. The van der Waals surface area contributed by atoms with Gasteiger partial charge in [0.1, 0.15) is 18.7 Å². The number of primary amides is 1. The number of rotatable bonds is 8. The number of amides is 3. The van der Waals surface area contributed by atoms with Gasteiger partial charge < -0.3 is 26.2 Å². The number of hydrogen-bond donors (Lipinski definition) is 4. The van der Waals surface area contributed by atoms with E-state index in [1.165, 1.54) is 0 Å². The molecule has 1 fully saturated rings. The number of benzene rings is 1.